The number of fused-ring (bicyclic) bond motifs is 1. The molecule has 1 aromatic rings. The van der Waals surface area contributed by atoms with Crippen molar-refractivity contribution in [1.29, 1.82) is 0 Å². The summed E-state index contributed by atoms with van der Waals surface area (Å²) >= 11 is 0. The van der Waals surface area contributed by atoms with Crippen molar-refractivity contribution in [1.82, 2.24) is 10.2 Å². The van der Waals surface area contributed by atoms with Gasteiger partial charge in [-0.1, -0.05) is 24.3 Å². The van der Waals surface area contributed by atoms with E-state index >= 15 is 0 Å². The van der Waals surface area contributed by atoms with Gasteiger partial charge in [-0.15, -0.1) is 0 Å². The normalized spacial score (nSPS) is 28.3. The highest BCUT2D eigenvalue weighted by molar-refractivity contribution is 5.32. The Morgan fingerprint density at radius 1 is 1.17 bits per heavy atom. The molecule has 1 aliphatic carbocycles. The smallest absolute Gasteiger partial charge is 0.0350 e. The van der Waals surface area contributed by atoms with E-state index < -0.39 is 0 Å². The maximum Gasteiger partial charge on any atom is 0.0350 e. The molecule has 0 amide bonds. The van der Waals surface area contributed by atoms with Crippen molar-refractivity contribution in [2.75, 3.05) is 26.7 Å². The molecule has 2 nitrogen and oxygen atoms in total. The molecule has 1 aliphatic heterocycles. The van der Waals surface area contributed by atoms with Gasteiger partial charge in [0.15, 0.2) is 0 Å². The molecule has 18 heavy (non-hydrogen) atoms. The van der Waals surface area contributed by atoms with Gasteiger partial charge in [-0.25, -0.2) is 0 Å². The topological polar surface area (TPSA) is 15.3 Å². The summed E-state index contributed by atoms with van der Waals surface area (Å²) in [5.41, 5.74) is 3.42. The maximum atomic E-state index is 3.64. The van der Waals surface area contributed by atoms with Crippen molar-refractivity contribution in [3.8, 4) is 0 Å². The van der Waals surface area contributed by atoms with Crippen LogP contribution in [-0.2, 0) is 12.8 Å². The number of aryl methyl sites for hydroxylation is 1. The highest BCUT2D eigenvalue weighted by Crippen LogP contribution is 2.30. The third-order valence-corrected chi connectivity index (χ3v) is 4.78. The Morgan fingerprint density at radius 2 is 1.89 bits per heavy atom. The van der Waals surface area contributed by atoms with E-state index in [1.165, 1.54) is 51.7 Å². The standard InChI is InChI=1S/C16H24N2/c1-17-16(13-18-10-4-5-11-18)9-8-14-6-2-3-7-15(14)12-16/h2-3,6-7,17H,4-5,8-13H2,1H3/t16-/m0/s1. The van der Waals surface area contributed by atoms with Crippen LogP contribution in [0.3, 0.4) is 0 Å². The second kappa shape index (κ2) is 5.02. The lowest BCUT2D eigenvalue weighted by atomic mass is 9.77. The van der Waals surface area contributed by atoms with Crippen molar-refractivity contribution < 1.29 is 0 Å². The van der Waals surface area contributed by atoms with Gasteiger partial charge in [-0.2, -0.15) is 0 Å². The molecule has 3 rings (SSSR count). The maximum absolute atomic E-state index is 3.64. The van der Waals surface area contributed by atoms with E-state index in [1.807, 2.05) is 0 Å². The molecule has 0 spiro atoms. The first kappa shape index (κ1) is 12.2. The van der Waals surface area contributed by atoms with Gasteiger partial charge < -0.3 is 10.2 Å². The van der Waals surface area contributed by atoms with Crippen LogP contribution in [0.2, 0.25) is 0 Å². The lowest BCUT2D eigenvalue weighted by Crippen LogP contribution is -2.55. The van der Waals surface area contributed by atoms with Crippen LogP contribution in [0.5, 0.6) is 0 Å². The van der Waals surface area contributed by atoms with E-state index in [9.17, 15) is 0 Å². The molecule has 1 fully saturated rings. The third-order valence-electron chi connectivity index (χ3n) is 4.78. The lowest BCUT2D eigenvalue weighted by molar-refractivity contribution is 0.196. The van der Waals surface area contributed by atoms with Crippen LogP contribution in [-0.4, -0.2) is 37.1 Å². The average Bonchev–Trinajstić information content (AvgIpc) is 2.91. The molecule has 98 valence electrons. The van der Waals surface area contributed by atoms with Crippen LogP contribution in [0.4, 0.5) is 0 Å². The number of nitrogens with one attached hydrogen (secondary N) is 1. The SMILES string of the molecule is CN[C@@]1(CN2CCCC2)CCc2ccccc2C1. The molecule has 0 radical (unpaired) electrons. The fourth-order valence-corrected chi connectivity index (χ4v) is 3.60. The van der Waals surface area contributed by atoms with Crippen LogP contribution < -0.4 is 5.32 Å². The molecule has 1 saturated heterocycles. The summed E-state index contributed by atoms with van der Waals surface area (Å²) in [6.07, 6.45) is 6.46. The fourth-order valence-electron chi connectivity index (χ4n) is 3.60. The highest BCUT2D eigenvalue weighted by atomic mass is 15.2. The summed E-state index contributed by atoms with van der Waals surface area (Å²) in [6.45, 7) is 3.81. The van der Waals surface area contributed by atoms with Gasteiger partial charge in [0, 0.05) is 12.1 Å². The Labute approximate surface area is 110 Å². The zero-order valence-electron chi connectivity index (χ0n) is 11.4. The molecule has 1 heterocycles. The predicted octanol–water partition coefficient (Wildman–Crippen LogP) is 2.23. The number of benzene rings is 1. The third kappa shape index (κ3) is 2.32. The first-order valence-electron chi connectivity index (χ1n) is 7.29. The van der Waals surface area contributed by atoms with Gasteiger partial charge in [-0.3, -0.25) is 0 Å². The van der Waals surface area contributed by atoms with Gasteiger partial charge >= 0.3 is 0 Å². The summed E-state index contributed by atoms with van der Waals surface area (Å²) < 4.78 is 0. The zero-order chi connectivity index (χ0) is 12.4. The van der Waals surface area contributed by atoms with E-state index in [2.05, 4.69) is 41.5 Å². The van der Waals surface area contributed by atoms with Crippen molar-refractivity contribution in [3.05, 3.63) is 35.4 Å². The second-order valence-electron chi connectivity index (χ2n) is 5.96. The van der Waals surface area contributed by atoms with Gasteiger partial charge in [0.2, 0.25) is 0 Å². The molecule has 1 atom stereocenters. The van der Waals surface area contributed by atoms with Crippen LogP contribution in [0, 0.1) is 0 Å². The molecule has 1 N–H and O–H groups in total. The Balaban J connectivity index is 1.77. The van der Waals surface area contributed by atoms with E-state index in [-0.39, 0.29) is 0 Å². The minimum atomic E-state index is 0.304. The second-order valence-corrected chi connectivity index (χ2v) is 5.96. The summed E-state index contributed by atoms with van der Waals surface area (Å²) in [7, 11) is 2.14. The first-order chi connectivity index (χ1) is 8.81. The molecule has 0 bridgehead atoms. The Kier molecular flexibility index (Phi) is 3.40. The molecule has 1 aromatic carbocycles. The van der Waals surface area contributed by atoms with Gasteiger partial charge in [0.1, 0.15) is 0 Å². The van der Waals surface area contributed by atoms with Gasteiger partial charge in [0.05, 0.1) is 0 Å². The van der Waals surface area contributed by atoms with Crippen LogP contribution in [0.1, 0.15) is 30.4 Å². The number of nitrogens with zero attached hydrogens (tertiary/aromatic N) is 1. The highest BCUT2D eigenvalue weighted by Gasteiger charge is 2.34. The van der Waals surface area contributed by atoms with Gasteiger partial charge in [-0.05, 0) is 63.4 Å². The van der Waals surface area contributed by atoms with E-state index in [4.69, 9.17) is 0 Å². The molecule has 0 aromatic heterocycles. The minimum absolute atomic E-state index is 0.304. The van der Waals surface area contributed by atoms with Crippen LogP contribution in [0.25, 0.3) is 0 Å². The van der Waals surface area contributed by atoms with Crippen molar-refractivity contribution in [2.24, 2.45) is 0 Å². The molecular weight excluding hydrogens is 220 g/mol. The van der Waals surface area contributed by atoms with Crippen molar-refractivity contribution in [3.63, 3.8) is 0 Å². The van der Waals surface area contributed by atoms with Crippen molar-refractivity contribution in [2.45, 2.75) is 37.6 Å². The average molecular weight is 244 g/mol. The van der Waals surface area contributed by atoms with Crippen LogP contribution in [0.15, 0.2) is 24.3 Å². The monoisotopic (exact) mass is 244 g/mol. The number of hydrogen-bond donors (Lipinski definition) is 1. The Morgan fingerprint density at radius 3 is 2.61 bits per heavy atom. The number of rotatable bonds is 3. The number of likely N-dealkylation sites (N-methyl/N-ethyl adjacent to an activating group) is 1. The van der Waals surface area contributed by atoms with Gasteiger partial charge in [0.25, 0.3) is 0 Å². The lowest BCUT2D eigenvalue weighted by Gasteiger charge is -2.41. The fraction of sp³-hybridized carbons (Fsp3) is 0.625. The van der Waals surface area contributed by atoms with Crippen LogP contribution >= 0.6 is 0 Å². The summed E-state index contributed by atoms with van der Waals surface area (Å²) in [5.74, 6) is 0. The summed E-state index contributed by atoms with van der Waals surface area (Å²) in [6, 6.07) is 8.96. The first-order valence-corrected chi connectivity index (χ1v) is 7.29. The molecule has 0 unspecified atom stereocenters. The molecular formula is C16H24N2. The molecule has 2 heteroatoms. The summed E-state index contributed by atoms with van der Waals surface area (Å²) in [4.78, 5) is 2.64. The number of likely N-dealkylation sites (tertiary alicyclic amines) is 1. The quantitative estimate of drug-likeness (QED) is 0.877. The van der Waals surface area contributed by atoms with E-state index in [0.717, 1.165) is 0 Å². The number of hydrogen-bond acceptors (Lipinski definition) is 2. The zero-order valence-corrected chi connectivity index (χ0v) is 11.4. The largest absolute Gasteiger partial charge is 0.313 e. The van der Waals surface area contributed by atoms with E-state index in [1.54, 1.807) is 11.1 Å². The minimum Gasteiger partial charge on any atom is -0.313 e. The molecule has 0 saturated carbocycles. The predicted molar refractivity (Wildman–Crippen MR) is 75.9 cm³/mol. The van der Waals surface area contributed by atoms with Crippen molar-refractivity contribution >= 4 is 0 Å². The summed E-state index contributed by atoms with van der Waals surface area (Å²) in [5, 5.41) is 3.64. The molecule has 2 aliphatic rings. The van der Waals surface area contributed by atoms with E-state index in [0.29, 0.717) is 5.54 Å². The Hall–Kier alpha value is -0.860. The Bertz CT molecular complexity index is 409.